The summed E-state index contributed by atoms with van der Waals surface area (Å²) in [5, 5.41) is 4.30. The van der Waals surface area contributed by atoms with E-state index in [2.05, 4.69) is 5.32 Å². The summed E-state index contributed by atoms with van der Waals surface area (Å²) in [5.74, 6) is -0.206. The highest BCUT2D eigenvalue weighted by Gasteiger charge is 2.23. The summed E-state index contributed by atoms with van der Waals surface area (Å²) in [5.41, 5.74) is 2.94. The van der Waals surface area contributed by atoms with Crippen molar-refractivity contribution in [3.05, 3.63) is 102 Å². The number of fused-ring (bicyclic) bond motifs is 1. The summed E-state index contributed by atoms with van der Waals surface area (Å²) < 4.78 is 0. The Morgan fingerprint density at radius 2 is 1.63 bits per heavy atom. The van der Waals surface area contributed by atoms with Gasteiger partial charge in [-0.05, 0) is 36.8 Å². The normalized spacial score (nSPS) is 11.8. The first kappa shape index (κ1) is 19.9. The van der Waals surface area contributed by atoms with Gasteiger partial charge in [0.15, 0.2) is 5.78 Å². The smallest absolute Gasteiger partial charge is 0.242 e. The number of para-hydroxylation sites is 1. The van der Waals surface area contributed by atoms with Gasteiger partial charge in [-0.15, -0.1) is 0 Å². The number of Topliss-reactive ketones (excluding diaryl/α,β-unsaturated/α-hetero) is 1. The van der Waals surface area contributed by atoms with E-state index in [1.807, 2.05) is 66.7 Å². The highest BCUT2D eigenvalue weighted by Crippen LogP contribution is 2.36. The molecule has 0 saturated carbocycles. The molecule has 0 aliphatic carbocycles. The van der Waals surface area contributed by atoms with E-state index in [0.717, 1.165) is 21.5 Å². The van der Waals surface area contributed by atoms with Crippen LogP contribution in [0.4, 0.5) is 5.69 Å². The maximum Gasteiger partial charge on any atom is 0.242 e. The summed E-state index contributed by atoms with van der Waals surface area (Å²) in [7, 11) is 0. The molecule has 5 heteroatoms. The average Bonchev–Trinajstić information content (AvgIpc) is 2.78. The Morgan fingerprint density at radius 3 is 2.43 bits per heavy atom. The maximum atomic E-state index is 13.2. The standard InChI is InChI=1S/C25H20N2O2S/c1-17(28)20-11-7-12-21(16-20)26-25(29)24(19-9-3-2-4-10-19)30-23-15-14-18-8-5-6-13-22(18)27-23/h2-16,24H,1H3,(H,26,29). The van der Waals surface area contributed by atoms with Crippen molar-refractivity contribution in [1.29, 1.82) is 0 Å². The van der Waals surface area contributed by atoms with E-state index in [9.17, 15) is 9.59 Å². The van der Waals surface area contributed by atoms with Crippen molar-refractivity contribution < 1.29 is 9.59 Å². The van der Waals surface area contributed by atoms with E-state index in [-0.39, 0.29) is 11.7 Å². The summed E-state index contributed by atoms with van der Waals surface area (Å²) in [6.45, 7) is 1.51. The van der Waals surface area contributed by atoms with Crippen LogP contribution in [-0.2, 0) is 4.79 Å². The first-order chi connectivity index (χ1) is 14.6. The van der Waals surface area contributed by atoms with Crippen LogP contribution in [0.15, 0.2) is 96.0 Å². The number of nitrogens with zero attached hydrogens (tertiary/aromatic N) is 1. The molecule has 1 N–H and O–H groups in total. The lowest BCUT2D eigenvalue weighted by Crippen LogP contribution is -2.19. The number of anilines is 1. The van der Waals surface area contributed by atoms with Crippen LogP contribution in [0.5, 0.6) is 0 Å². The number of ketones is 1. The van der Waals surface area contributed by atoms with E-state index >= 15 is 0 Å². The van der Waals surface area contributed by atoms with Crippen LogP contribution in [-0.4, -0.2) is 16.7 Å². The Labute approximate surface area is 179 Å². The Balaban J connectivity index is 1.63. The predicted molar refractivity (Wildman–Crippen MR) is 122 cm³/mol. The number of thioether (sulfide) groups is 1. The van der Waals surface area contributed by atoms with E-state index in [4.69, 9.17) is 4.98 Å². The number of pyridine rings is 1. The molecule has 1 unspecified atom stereocenters. The zero-order chi connectivity index (χ0) is 20.9. The average molecular weight is 413 g/mol. The molecule has 0 aliphatic heterocycles. The Hall–Kier alpha value is -3.44. The van der Waals surface area contributed by atoms with Crippen molar-refractivity contribution in [1.82, 2.24) is 4.98 Å². The maximum absolute atomic E-state index is 13.2. The molecular formula is C25H20N2O2S. The van der Waals surface area contributed by atoms with Gasteiger partial charge in [-0.2, -0.15) is 0 Å². The summed E-state index contributed by atoms with van der Waals surface area (Å²) >= 11 is 1.40. The van der Waals surface area contributed by atoms with Gasteiger partial charge in [0, 0.05) is 16.6 Å². The molecule has 0 radical (unpaired) electrons. The first-order valence-electron chi connectivity index (χ1n) is 9.59. The highest BCUT2D eigenvalue weighted by molar-refractivity contribution is 8.00. The van der Waals surface area contributed by atoms with Crippen molar-refractivity contribution in [2.24, 2.45) is 0 Å². The number of rotatable bonds is 6. The number of nitrogens with one attached hydrogen (secondary N) is 1. The molecular weight excluding hydrogens is 392 g/mol. The first-order valence-corrected chi connectivity index (χ1v) is 10.5. The van der Waals surface area contributed by atoms with Gasteiger partial charge in [0.1, 0.15) is 5.25 Å². The van der Waals surface area contributed by atoms with Gasteiger partial charge in [-0.3, -0.25) is 9.59 Å². The van der Waals surface area contributed by atoms with Crippen LogP contribution in [0.25, 0.3) is 10.9 Å². The van der Waals surface area contributed by atoms with E-state index in [1.165, 1.54) is 18.7 Å². The fourth-order valence-electron chi connectivity index (χ4n) is 3.16. The van der Waals surface area contributed by atoms with Crippen molar-refractivity contribution in [2.75, 3.05) is 5.32 Å². The van der Waals surface area contributed by atoms with Crippen LogP contribution >= 0.6 is 11.8 Å². The summed E-state index contributed by atoms with van der Waals surface area (Å²) in [6, 6.07) is 28.5. The SMILES string of the molecule is CC(=O)c1cccc(NC(=O)C(Sc2ccc3ccccc3n2)c2ccccc2)c1. The van der Waals surface area contributed by atoms with Crippen LogP contribution < -0.4 is 5.32 Å². The van der Waals surface area contributed by atoms with Gasteiger partial charge in [-0.1, -0.05) is 78.5 Å². The Kier molecular flexibility index (Phi) is 5.91. The topological polar surface area (TPSA) is 59.1 Å². The number of carbonyl (C=O) groups is 2. The second-order valence-electron chi connectivity index (χ2n) is 6.88. The zero-order valence-electron chi connectivity index (χ0n) is 16.4. The minimum atomic E-state index is -0.485. The van der Waals surface area contributed by atoms with Crippen LogP contribution in [0, 0.1) is 0 Å². The highest BCUT2D eigenvalue weighted by atomic mass is 32.2. The van der Waals surface area contributed by atoms with Crippen molar-refractivity contribution in [3.8, 4) is 0 Å². The summed E-state index contributed by atoms with van der Waals surface area (Å²) in [4.78, 5) is 29.6. The van der Waals surface area contributed by atoms with Gasteiger partial charge >= 0.3 is 0 Å². The molecule has 0 fully saturated rings. The molecule has 3 aromatic carbocycles. The Bertz CT molecular complexity index is 1210. The number of aromatic nitrogens is 1. The number of benzene rings is 3. The number of hydrogen-bond donors (Lipinski definition) is 1. The lowest BCUT2D eigenvalue weighted by Gasteiger charge is -2.17. The van der Waals surface area contributed by atoms with Crippen LogP contribution in [0.3, 0.4) is 0 Å². The van der Waals surface area contributed by atoms with Gasteiger partial charge in [0.05, 0.1) is 10.5 Å². The molecule has 4 aromatic rings. The minimum Gasteiger partial charge on any atom is -0.325 e. The molecule has 0 spiro atoms. The van der Waals surface area contributed by atoms with Crippen LogP contribution in [0.2, 0.25) is 0 Å². The molecule has 4 nitrogen and oxygen atoms in total. The van der Waals surface area contributed by atoms with E-state index in [0.29, 0.717) is 11.3 Å². The molecule has 4 rings (SSSR count). The van der Waals surface area contributed by atoms with Crippen LogP contribution in [0.1, 0.15) is 28.1 Å². The molecule has 0 saturated heterocycles. The van der Waals surface area contributed by atoms with Gasteiger partial charge in [-0.25, -0.2) is 4.98 Å². The minimum absolute atomic E-state index is 0.0413. The second-order valence-corrected chi connectivity index (χ2v) is 8.00. The third-order valence-corrected chi connectivity index (χ3v) is 5.88. The van der Waals surface area contributed by atoms with Gasteiger partial charge in [0.2, 0.25) is 5.91 Å². The van der Waals surface area contributed by atoms with Crippen molar-refractivity contribution >= 4 is 40.0 Å². The molecule has 148 valence electrons. The second kappa shape index (κ2) is 8.93. The third-order valence-electron chi connectivity index (χ3n) is 4.69. The predicted octanol–water partition coefficient (Wildman–Crippen LogP) is 5.91. The fraction of sp³-hybridized carbons (Fsp3) is 0.0800. The lowest BCUT2D eigenvalue weighted by molar-refractivity contribution is -0.115. The number of amides is 1. The summed E-state index contributed by atoms with van der Waals surface area (Å²) in [6.07, 6.45) is 0. The molecule has 0 aliphatic rings. The molecule has 1 heterocycles. The third kappa shape index (κ3) is 4.58. The monoisotopic (exact) mass is 412 g/mol. The Morgan fingerprint density at radius 1 is 0.867 bits per heavy atom. The largest absolute Gasteiger partial charge is 0.325 e. The molecule has 1 aromatic heterocycles. The fourth-order valence-corrected chi connectivity index (χ4v) is 4.16. The van der Waals surface area contributed by atoms with E-state index < -0.39 is 5.25 Å². The number of carbonyl (C=O) groups excluding carboxylic acids is 2. The lowest BCUT2D eigenvalue weighted by atomic mass is 10.1. The molecule has 0 bridgehead atoms. The van der Waals surface area contributed by atoms with Gasteiger partial charge < -0.3 is 5.32 Å². The quantitative estimate of drug-likeness (QED) is 0.316. The van der Waals surface area contributed by atoms with E-state index in [1.54, 1.807) is 24.3 Å². The zero-order valence-corrected chi connectivity index (χ0v) is 17.2. The molecule has 30 heavy (non-hydrogen) atoms. The number of hydrogen-bond acceptors (Lipinski definition) is 4. The van der Waals surface area contributed by atoms with Gasteiger partial charge in [0.25, 0.3) is 0 Å². The molecule has 1 atom stereocenters. The molecule has 1 amide bonds. The van der Waals surface area contributed by atoms with Crippen molar-refractivity contribution in [2.45, 2.75) is 17.2 Å². The van der Waals surface area contributed by atoms with Crippen molar-refractivity contribution in [3.63, 3.8) is 0 Å².